The Balaban J connectivity index is 2.00. The first-order valence-corrected chi connectivity index (χ1v) is 16.2. The van der Waals surface area contributed by atoms with Gasteiger partial charge in [-0.2, -0.15) is 5.10 Å². The molecule has 0 saturated heterocycles. The fourth-order valence-electron chi connectivity index (χ4n) is 4.66. The van der Waals surface area contributed by atoms with Gasteiger partial charge in [-0.3, -0.25) is 9.40 Å². The summed E-state index contributed by atoms with van der Waals surface area (Å²) < 4.78 is 48.0. The van der Waals surface area contributed by atoms with Gasteiger partial charge in [0.2, 0.25) is 10.0 Å². The van der Waals surface area contributed by atoms with Crippen LogP contribution in [0.1, 0.15) is 57.6 Å². The molecule has 1 amide bonds. The Labute approximate surface area is 267 Å². The lowest BCUT2D eigenvalue weighted by molar-refractivity contribution is 0.0502. The SMILES string of the molecule is Cn1nc(NS(C)(=O)=O)c2c(Cl)ccc(-c3ccc(C#CC(C)(C)O)nc3[C@H](Cc3cccc(F)c3)NC(=O)OC(C)(C)C)c21. The molecular weight excluding hydrogens is 621 g/mol. The van der Waals surface area contributed by atoms with Crippen molar-refractivity contribution in [2.45, 2.75) is 58.3 Å². The highest BCUT2D eigenvalue weighted by molar-refractivity contribution is 7.92. The van der Waals surface area contributed by atoms with Crippen molar-refractivity contribution in [3.8, 4) is 23.0 Å². The number of sulfonamides is 1. The van der Waals surface area contributed by atoms with E-state index in [0.717, 1.165) is 6.26 Å². The minimum absolute atomic E-state index is 0.0483. The van der Waals surface area contributed by atoms with Crippen molar-refractivity contribution in [3.05, 3.63) is 76.3 Å². The number of carbonyl (C=O) groups is 1. The van der Waals surface area contributed by atoms with E-state index in [9.17, 15) is 22.7 Å². The number of aryl methyl sites for hydroxylation is 1. The molecule has 10 nitrogen and oxygen atoms in total. The maximum atomic E-state index is 14.3. The van der Waals surface area contributed by atoms with Crippen LogP contribution in [0.2, 0.25) is 5.02 Å². The summed E-state index contributed by atoms with van der Waals surface area (Å²) in [6.07, 6.45) is 0.425. The van der Waals surface area contributed by atoms with E-state index >= 15 is 0 Å². The monoisotopic (exact) mass is 655 g/mol. The van der Waals surface area contributed by atoms with Crippen molar-refractivity contribution < 1.29 is 27.4 Å². The predicted molar refractivity (Wildman–Crippen MR) is 173 cm³/mol. The molecule has 0 aliphatic heterocycles. The summed E-state index contributed by atoms with van der Waals surface area (Å²) in [6, 6.07) is 11.9. The molecule has 1 atom stereocenters. The number of benzene rings is 2. The molecule has 0 spiro atoms. The standard InChI is InChI=1S/C32H35ClFN5O5S/c1-31(2,3)44-30(40)36-25(18-19-9-8-10-20(34)17-19)27-22(12-11-21(35-27)15-16-32(4,5)41)23-13-14-24(33)26-28(23)39(6)37-29(26)38-45(7,42)43/h8-14,17,25,41H,18H2,1-7H3,(H,36,40)(H,37,38)/t25-/m0/s1. The number of carbonyl (C=O) groups excluding carboxylic acids is 1. The van der Waals surface area contributed by atoms with Crippen LogP contribution in [0, 0.1) is 17.7 Å². The van der Waals surface area contributed by atoms with E-state index in [0.29, 0.717) is 39.0 Å². The first kappa shape index (κ1) is 33.7. The molecule has 2 heterocycles. The third kappa shape index (κ3) is 8.94. The van der Waals surface area contributed by atoms with Gasteiger partial charge in [-0.15, -0.1) is 0 Å². The van der Waals surface area contributed by atoms with Crippen LogP contribution in [-0.2, 0) is 28.2 Å². The highest BCUT2D eigenvalue weighted by Crippen LogP contribution is 2.40. The van der Waals surface area contributed by atoms with Gasteiger partial charge >= 0.3 is 6.09 Å². The molecule has 0 aliphatic carbocycles. The zero-order valence-corrected chi connectivity index (χ0v) is 27.6. The summed E-state index contributed by atoms with van der Waals surface area (Å²) in [5, 5.41) is 18.1. The molecule has 0 aliphatic rings. The van der Waals surface area contributed by atoms with Crippen molar-refractivity contribution in [1.82, 2.24) is 20.1 Å². The number of aromatic nitrogens is 3. The van der Waals surface area contributed by atoms with Crippen LogP contribution in [0.3, 0.4) is 0 Å². The van der Waals surface area contributed by atoms with Crippen molar-refractivity contribution >= 4 is 44.4 Å². The van der Waals surface area contributed by atoms with Crippen LogP contribution in [0.15, 0.2) is 48.5 Å². The van der Waals surface area contributed by atoms with Crippen molar-refractivity contribution in [2.24, 2.45) is 7.05 Å². The van der Waals surface area contributed by atoms with E-state index < -0.39 is 39.2 Å². The van der Waals surface area contributed by atoms with Gasteiger partial charge in [0.15, 0.2) is 5.82 Å². The van der Waals surface area contributed by atoms with Crippen LogP contribution in [-0.4, -0.2) is 51.8 Å². The van der Waals surface area contributed by atoms with E-state index in [-0.39, 0.29) is 17.3 Å². The zero-order valence-electron chi connectivity index (χ0n) is 26.0. The number of halogens is 2. The lowest BCUT2D eigenvalue weighted by Gasteiger charge is -2.25. The average Bonchev–Trinajstić information content (AvgIpc) is 3.21. The Morgan fingerprint density at radius 2 is 1.82 bits per heavy atom. The van der Waals surface area contributed by atoms with Gasteiger partial charge < -0.3 is 15.2 Å². The summed E-state index contributed by atoms with van der Waals surface area (Å²) in [7, 11) is -2.04. The van der Waals surface area contributed by atoms with Crippen molar-refractivity contribution in [3.63, 3.8) is 0 Å². The number of aliphatic hydroxyl groups is 1. The number of hydrogen-bond donors (Lipinski definition) is 3. The highest BCUT2D eigenvalue weighted by atomic mass is 35.5. The van der Waals surface area contributed by atoms with E-state index in [1.165, 1.54) is 16.8 Å². The molecule has 3 N–H and O–H groups in total. The van der Waals surface area contributed by atoms with Crippen LogP contribution >= 0.6 is 11.6 Å². The van der Waals surface area contributed by atoms with Gasteiger partial charge in [-0.1, -0.05) is 35.7 Å². The highest BCUT2D eigenvalue weighted by Gasteiger charge is 2.27. The summed E-state index contributed by atoms with van der Waals surface area (Å²) in [5.74, 6) is 5.23. The van der Waals surface area contributed by atoms with E-state index in [1.54, 1.807) is 78.1 Å². The fourth-order valence-corrected chi connectivity index (χ4v) is 5.40. The second-order valence-corrected chi connectivity index (χ2v) is 14.3. The van der Waals surface area contributed by atoms with E-state index in [2.05, 4.69) is 27.0 Å². The Morgan fingerprint density at radius 1 is 1.13 bits per heavy atom. The number of nitrogens with zero attached hydrogens (tertiary/aromatic N) is 3. The van der Waals surface area contributed by atoms with Gasteiger partial charge in [-0.25, -0.2) is 22.6 Å². The van der Waals surface area contributed by atoms with Gasteiger partial charge in [-0.05, 0) is 82.9 Å². The molecule has 4 rings (SSSR count). The number of hydrogen-bond acceptors (Lipinski definition) is 7. The maximum Gasteiger partial charge on any atom is 0.408 e. The van der Waals surface area contributed by atoms with E-state index in [4.69, 9.17) is 21.3 Å². The quantitative estimate of drug-likeness (QED) is 0.216. The third-order valence-corrected chi connectivity index (χ3v) is 7.16. The molecule has 45 heavy (non-hydrogen) atoms. The molecule has 0 bridgehead atoms. The summed E-state index contributed by atoms with van der Waals surface area (Å²) in [6.45, 7) is 8.29. The number of pyridine rings is 1. The summed E-state index contributed by atoms with van der Waals surface area (Å²) >= 11 is 6.57. The number of rotatable bonds is 7. The minimum atomic E-state index is -3.69. The Morgan fingerprint density at radius 3 is 2.44 bits per heavy atom. The Bertz CT molecular complexity index is 1940. The predicted octanol–water partition coefficient (Wildman–Crippen LogP) is 5.73. The molecule has 0 fully saturated rings. The summed E-state index contributed by atoms with van der Waals surface area (Å²) in [4.78, 5) is 18.0. The first-order chi connectivity index (χ1) is 20.8. The number of alkyl carbamates (subject to hydrolysis) is 1. The molecule has 238 valence electrons. The zero-order chi connectivity index (χ0) is 33.3. The van der Waals surface area contributed by atoms with Crippen LogP contribution in [0.25, 0.3) is 22.0 Å². The normalized spacial score (nSPS) is 12.8. The van der Waals surface area contributed by atoms with Crippen LogP contribution < -0.4 is 10.0 Å². The van der Waals surface area contributed by atoms with Gasteiger partial charge in [0.05, 0.1) is 33.9 Å². The fraction of sp³-hybridized carbons (Fsp3) is 0.344. The molecule has 0 radical (unpaired) electrons. The molecule has 4 aromatic rings. The van der Waals surface area contributed by atoms with Crippen LogP contribution in [0.5, 0.6) is 0 Å². The van der Waals surface area contributed by atoms with Crippen molar-refractivity contribution in [1.29, 1.82) is 0 Å². The second kappa shape index (κ2) is 12.7. The second-order valence-electron chi connectivity index (χ2n) is 12.1. The number of ether oxygens (including phenoxy) is 1. The maximum absolute atomic E-state index is 14.3. The Hall–Kier alpha value is -4.18. The number of amides is 1. The number of fused-ring (bicyclic) bond motifs is 1. The van der Waals surface area contributed by atoms with Crippen LogP contribution in [0.4, 0.5) is 15.0 Å². The molecule has 13 heteroatoms. The molecule has 2 aromatic carbocycles. The molecular formula is C32H35ClFN5O5S. The molecule has 0 unspecified atom stereocenters. The largest absolute Gasteiger partial charge is 0.444 e. The number of anilines is 1. The average molecular weight is 656 g/mol. The molecule has 0 saturated carbocycles. The smallest absolute Gasteiger partial charge is 0.408 e. The van der Waals surface area contributed by atoms with Gasteiger partial charge in [0, 0.05) is 18.2 Å². The Kier molecular flexibility index (Phi) is 9.49. The lowest BCUT2D eigenvalue weighted by atomic mass is 9.94. The third-order valence-electron chi connectivity index (χ3n) is 6.28. The lowest BCUT2D eigenvalue weighted by Crippen LogP contribution is -2.36. The van der Waals surface area contributed by atoms with Crippen molar-refractivity contribution in [2.75, 3.05) is 11.0 Å². The summed E-state index contributed by atoms with van der Waals surface area (Å²) in [5.41, 5.74) is 0.755. The van der Waals surface area contributed by atoms with Gasteiger partial charge in [0.1, 0.15) is 22.7 Å². The number of nitrogens with one attached hydrogen (secondary N) is 2. The minimum Gasteiger partial charge on any atom is -0.444 e. The molecule has 2 aromatic heterocycles. The topological polar surface area (TPSA) is 135 Å². The first-order valence-electron chi connectivity index (χ1n) is 13.9. The van der Waals surface area contributed by atoms with Gasteiger partial charge in [0.25, 0.3) is 0 Å². The van der Waals surface area contributed by atoms with E-state index in [1.807, 2.05) is 0 Å².